The van der Waals surface area contributed by atoms with E-state index in [2.05, 4.69) is 187 Å². The van der Waals surface area contributed by atoms with Crippen LogP contribution in [-0.4, -0.2) is 0 Å². The molecule has 9 rings (SSSR count). The van der Waals surface area contributed by atoms with Gasteiger partial charge in [-0.15, -0.1) is 0 Å². The molecule has 0 radical (unpaired) electrons. The lowest BCUT2D eigenvalue weighted by Crippen LogP contribution is -1.95. The fourth-order valence-corrected chi connectivity index (χ4v) is 7.15. The van der Waals surface area contributed by atoms with E-state index in [-0.39, 0.29) is 0 Å². The number of fused-ring (bicyclic) bond motifs is 6. The van der Waals surface area contributed by atoms with E-state index in [9.17, 15) is 0 Å². The van der Waals surface area contributed by atoms with Crippen molar-refractivity contribution in [1.82, 2.24) is 0 Å². The van der Waals surface area contributed by atoms with E-state index in [1.165, 1.54) is 76.5 Å². The van der Waals surface area contributed by atoms with Gasteiger partial charge in [0.25, 0.3) is 0 Å². The van der Waals surface area contributed by atoms with Gasteiger partial charge >= 0.3 is 0 Å². The quantitative estimate of drug-likeness (QED) is 0.195. The van der Waals surface area contributed by atoms with E-state index in [0.29, 0.717) is 0 Å². The molecule has 0 spiro atoms. The summed E-state index contributed by atoms with van der Waals surface area (Å²) in [5.41, 5.74) is 9.39. The molecule has 9 aromatic carbocycles. The standard InChI is InChI=1S/C46H31N/c1-2-11-31(12-3-1)45-30-35(39-19-10-20-41-37-15-6-4-13-32(37)23-27-43(39)41)24-28-46(45)47-36-25-21-33(22-26-36)44-29-34-14-5-7-16-38(34)40-17-8-9-18-42(40)44/h1-30,47H. The second-order valence-corrected chi connectivity index (χ2v) is 12.2. The fourth-order valence-electron chi connectivity index (χ4n) is 7.15. The molecule has 0 saturated carbocycles. The second kappa shape index (κ2) is 11.3. The molecule has 0 aliphatic carbocycles. The molecule has 0 aromatic heterocycles. The minimum absolute atomic E-state index is 1.06. The molecule has 0 unspecified atom stereocenters. The first-order valence-electron chi connectivity index (χ1n) is 16.2. The summed E-state index contributed by atoms with van der Waals surface area (Å²) in [5.74, 6) is 0. The topological polar surface area (TPSA) is 12.0 Å². The fraction of sp³-hybridized carbons (Fsp3) is 0. The molecular weight excluding hydrogens is 567 g/mol. The highest BCUT2D eigenvalue weighted by atomic mass is 14.9. The van der Waals surface area contributed by atoms with Crippen molar-refractivity contribution < 1.29 is 0 Å². The Morgan fingerprint density at radius 3 is 1.64 bits per heavy atom. The number of anilines is 2. The van der Waals surface area contributed by atoms with E-state index in [1.807, 2.05) is 0 Å². The third kappa shape index (κ3) is 4.81. The molecule has 1 N–H and O–H groups in total. The molecule has 0 atom stereocenters. The third-order valence-corrected chi connectivity index (χ3v) is 9.44. The highest BCUT2D eigenvalue weighted by molar-refractivity contribution is 6.14. The SMILES string of the molecule is c1ccc(-c2cc(-c3cccc4c3ccc3ccccc34)ccc2Nc2ccc(-c3cc4ccccc4c4ccccc34)cc2)cc1. The maximum absolute atomic E-state index is 3.76. The van der Waals surface area contributed by atoms with Crippen molar-refractivity contribution in [3.05, 3.63) is 182 Å². The molecule has 47 heavy (non-hydrogen) atoms. The number of rotatable bonds is 5. The van der Waals surface area contributed by atoms with E-state index >= 15 is 0 Å². The van der Waals surface area contributed by atoms with Gasteiger partial charge in [-0.25, -0.2) is 0 Å². The predicted molar refractivity (Wildman–Crippen MR) is 202 cm³/mol. The van der Waals surface area contributed by atoms with Crippen LogP contribution in [0.4, 0.5) is 11.4 Å². The van der Waals surface area contributed by atoms with Crippen LogP contribution in [0.3, 0.4) is 0 Å². The number of benzene rings is 9. The zero-order valence-corrected chi connectivity index (χ0v) is 25.8. The van der Waals surface area contributed by atoms with Crippen LogP contribution >= 0.6 is 0 Å². The van der Waals surface area contributed by atoms with Crippen molar-refractivity contribution >= 4 is 54.5 Å². The lowest BCUT2D eigenvalue weighted by Gasteiger charge is -2.16. The van der Waals surface area contributed by atoms with Crippen molar-refractivity contribution in [1.29, 1.82) is 0 Å². The van der Waals surface area contributed by atoms with Crippen molar-refractivity contribution in [3.8, 4) is 33.4 Å². The molecular formula is C46H31N. The van der Waals surface area contributed by atoms with E-state index < -0.39 is 0 Å². The molecule has 0 saturated heterocycles. The minimum Gasteiger partial charge on any atom is -0.355 e. The Bertz CT molecular complexity index is 2580. The molecule has 0 amide bonds. The molecule has 1 nitrogen and oxygen atoms in total. The average molecular weight is 598 g/mol. The van der Waals surface area contributed by atoms with Gasteiger partial charge in [-0.3, -0.25) is 0 Å². The monoisotopic (exact) mass is 597 g/mol. The summed E-state index contributed by atoms with van der Waals surface area (Å²) in [5, 5.41) is 14.0. The summed E-state index contributed by atoms with van der Waals surface area (Å²) in [4.78, 5) is 0. The first-order chi connectivity index (χ1) is 23.3. The van der Waals surface area contributed by atoms with Gasteiger partial charge < -0.3 is 5.32 Å². The van der Waals surface area contributed by atoms with Crippen LogP contribution < -0.4 is 5.32 Å². The lowest BCUT2D eigenvalue weighted by atomic mass is 9.92. The Labute approximate surface area is 274 Å². The highest BCUT2D eigenvalue weighted by Crippen LogP contribution is 2.39. The van der Waals surface area contributed by atoms with Gasteiger partial charge in [0.15, 0.2) is 0 Å². The Kier molecular flexibility index (Phi) is 6.54. The van der Waals surface area contributed by atoms with Gasteiger partial charge in [-0.2, -0.15) is 0 Å². The number of hydrogen-bond acceptors (Lipinski definition) is 1. The Morgan fingerprint density at radius 2 is 0.851 bits per heavy atom. The normalized spacial score (nSPS) is 11.4. The zero-order valence-electron chi connectivity index (χ0n) is 25.8. The van der Waals surface area contributed by atoms with E-state index in [1.54, 1.807) is 0 Å². The molecule has 0 aliphatic rings. The Balaban J connectivity index is 1.11. The van der Waals surface area contributed by atoms with Crippen LogP contribution in [0.15, 0.2) is 182 Å². The van der Waals surface area contributed by atoms with E-state index in [0.717, 1.165) is 11.4 Å². The molecule has 9 aromatic rings. The van der Waals surface area contributed by atoms with Gasteiger partial charge in [0.1, 0.15) is 0 Å². The van der Waals surface area contributed by atoms with Crippen molar-refractivity contribution in [3.63, 3.8) is 0 Å². The summed E-state index contributed by atoms with van der Waals surface area (Å²) < 4.78 is 0. The van der Waals surface area contributed by atoms with Crippen LogP contribution in [0.25, 0.3) is 76.5 Å². The molecule has 220 valence electrons. The first kappa shape index (κ1) is 27.2. The zero-order chi connectivity index (χ0) is 31.2. The van der Waals surface area contributed by atoms with Crippen LogP contribution in [0.5, 0.6) is 0 Å². The van der Waals surface area contributed by atoms with Gasteiger partial charge in [-0.1, -0.05) is 152 Å². The van der Waals surface area contributed by atoms with Gasteiger partial charge in [0, 0.05) is 16.9 Å². The van der Waals surface area contributed by atoms with Gasteiger partial charge in [-0.05, 0) is 101 Å². The summed E-state index contributed by atoms with van der Waals surface area (Å²) in [6, 6.07) is 65.8. The maximum Gasteiger partial charge on any atom is 0.0464 e. The van der Waals surface area contributed by atoms with Crippen molar-refractivity contribution in [2.45, 2.75) is 0 Å². The first-order valence-corrected chi connectivity index (χ1v) is 16.2. The minimum atomic E-state index is 1.06. The predicted octanol–water partition coefficient (Wildman–Crippen LogP) is 13.0. The summed E-state index contributed by atoms with van der Waals surface area (Å²) in [7, 11) is 0. The van der Waals surface area contributed by atoms with Crippen LogP contribution in [0.1, 0.15) is 0 Å². The molecule has 1 heteroatoms. The van der Waals surface area contributed by atoms with Crippen molar-refractivity contribution in [2.75, 3.05) is 5.32 Å². The second-order valence-electron chi connectivity index (χ2n) is 12.2. The molecule has 0 bridgehead atoms. The Hall–Kier alpha value is -6.18. The van der Waals surface area contributed by atoms with Crippen LogP contribution in [0, 0.1) is 0 Å². The lowest BCUT2D eigenvalue weighted by molar-refractivity contribution is 1.53. The van der Waals surface area contributed by atoms with Crippen LogP contribution in [-0.2, 0) is 0 Å². The Morgan fingerprint density at radius 1 is 0.277 bits per heavy atom. The van der Waals surface area contributed by atoms with Crippen LogP contribution in [0.2, 0.25) is 0 Å². The van der Waals surface area contributed by atoms with Gasteiger partial charge in [0.2, 0.25) is 0 Å². The smallest absolute Gasteiger partial charge is 0.0464 e. The van der Waals surface area contributed by atoms with E-state index in [4.69, 9.17) is 0 Å². The highest BCUT2D eigenvalue weighted by Gasteiger charge is 2.13. The summed E-state index contributed by atoms with van der Waals surface area (Å²) >= 11 is 0. The summed E-state index contributed by atoms with van der Waals surface area (Å²) in [6.45, 7) is 0. The number of hydrogen-bond donors (Lipinski definition) is 1. The number of nitrogens with one attached hydrogen (secondary N) is 1. The molecule has 0 fully saturated rings. The maximum atomic E-state index is 3.76. The largest absolute Gasteiger partial charge is 0.355 e. The average Bonchev–Trinajstić information content (AvgIpc) is 3.15. The third-order valence-electron chi connectivity index (χ3n) is 9.44. The van der Waals surface area contributed by atoms with Crippen molar-refractivity contribution in [2.24, 2.45) is 0 Å². The molecule has 0 aliphatic heterocycles. The summed E-state index contributed by atoms with van der Waals surface area (Å²) in [6.07, 6.45) is 0. The van der Waals surface area contributed by atoms with Gasteiger partial charge in [0.05, 0.1) is 0 Å². The molecule has 0 heterocycles.